The van der Waals surface area contributed by atoms with Crippen LogP contribution in [-0.4, -0.2) is 44.7 Å². The van der Waals surface area contributed by atoms with Crippen LogP contribution in [0.2, 0.25) is 0 Å². The van der Waals surface area contributed by atoms with Crippen molar-refractivity contribution in [2.45, 2.75) is 18.9 Å². The molecule has 0 radical (unpaired) electrons. The number of benzene rings is 2. The van der Waals surface area contributed by atoms with E-state index < -0.39 is 0 Å². The van der Waals surface area contributed by atoms with E-state index in [2.05, 4.69) is 77.6 Å². The average Bonchev–Trinajstić information content (AvgIpc) is 2.67. The highest BCUT2D eigenvalue weighted by molar-refractivity contribution is 5.85. The van der Waals surface area contributed by atoms with E-state index in [1.54, 1.807) is 0 Å². The van der Waals surface area contributed by atoms with Crippen molar-refractivity contribution in [3.8, 4) is 0 Å². The number of anilines is 1. The van der Waals surface area contributed by atoms with Crippen molar-refractivity contribution in [3.05, 3.63) is 65.2 Å². The summed E-state index contributed by atoms with van der Waals surface area (Å²) in [6.07, 6.45) is 0. The third kappa shape index (κ3) is 3.86. The highest BCUT2D eigenvalue weighted by Crippen LogP contribution is 2.40. The molecule has 0 unspecified atom stereocenters. The van der Waals surface area contributed by atoms with Crippen molar-refractivity contribution in [1.29, 1.82) is 0 Å². The van der Waals surface area contributed by atoms with Crippen molar-refractivity contribution in [3.63, 3.8) is 0 Å². The van der Waals surface area contributed by atoms with Gasteiger partial charge in [0.25, 0.3) is 0 Å². The van der Waals surface area contributed by atoms with E-state index in [9.17, 15) is 0 Å². The maximum Gasteiger partial charge on any atom is 0.0476 e. The van der Waals surface area contributed by atoms with Gasteiger partial charge in [0.1, 0.15) is 0 Å². The molecule has 4 rings (SSSR count). The van der Waals surface area contributed by atoms with Crippen molar-refractivity contribution < 1.29 is 0 Å². The molecule has 0 aliphatic carbocycles. The van der Waals surface area contributed by atoms with Crippen LogP contribution in [0.4, 0.5) is 5.69 Å². The summed E-state index contributed by atoms with van der Waals surface area (Å²) in [6, 6.07) is 18.7. The predicted molar refractivity (Wildman–Crippen MR) is 115 cm³/mol. The molecule has 0 aromatic heterocycles. The van der Waals surface area contributed by atoms with E-state index in [1.807, 2.05) is 0 Å². The van der Waals surface area contributed by atoms with E-state index in [1.165, 1.54) is 22.4 Å². The molecule has 0 saturated carbocycles. The van der Waals surface area contributed by atoms with Gasteiger partial charge in [0.2, 0.25) is 0 Å². The molecule has 142 valence electrons. The fraction of sp³-hybridized carbons (Fsp3) is 0.429. The molecule has 2 aliphatic rings. The largest absolute Gasteiger partial charge is 0.375 e. The Morgan fingerprint density at radius 3 is 2.62 bits per heavy atom. The van der Waals surface area contributed by atoms with Gasteiger partial charge in [0.05, 0.1) is 0 Å². The topological polar surface area (TPSA) is 18.5 Å². The van der Waals surface area contributed by atoms with Crippen LogP contribution in [0.25, 0.3) is 0 Å². The number of halogens is 2. The van der Waals surface area contributed by atoms with Crippen LogP contribution in [0.5, 0.6) is 0 Å². The van der Waals surface area contributed by atoms with E-state index in [4.69, 9.17) is 0 Å². The quantitative estimate of drug-likeness (QED) is 0.847. The number of rotatable bonds is 3. The van der Waals surface area contributed by atoms with Gasteiger partial charge in [-0.1, -0.05) is 36.4 Å². The molecule has 26 heavy (non-hydrogen) atoms. The number of nitrogens with zero attached hydrogens (tertiary/aromatic N) is 2. The van der Waals surface area contributed by atoms with Gasteiger partial charge in [-0.25, -0.2) is 0 Å². The second-order valence-corrected chi connectivity index (χ2v) is 7.01. The van der Waals surface area contributed by atoms with Crippen LogP contribution in [0.15, 0.2) is 48.5 Å². The standard InChI is InChI=1S/C21H27N3.2ClH/c1-3-23(2)17-8-6-7-16(13-17)20-15-24-12-11-22-14-21(24)19-10-5-4-9-18(19)20;;/h4-10,13,20-22H,3,11-12,14-15H2,1-2H3;2*1H/t20-,21-;;/m1../s1. The van der Waals surface area contributed by atoms with Gasteiger partial charge in [-0.3, -0.25) is 4.90 Å². The molecule has 1 fully saturated rings. The summed E-state index contributed by atoms with van der Waals surface area (Å²) in [7, 11) is 2.17. The summed E-state index contributed by atoms with van der Waals surface area (Å²) in [5.41, 5.74) is 5.78. The van der Waals surface area contributed by atoms with Crippen LogP contribution in [0.3, 0.4) is 0 Å². The van der Waals surface area contributed by atoms with Gasteiger partial charge in [0, 0.05) is 57.4 Å². The first-order chi connectivity index (χ1) is 11.8. The predicted octanol–water partition coefficient (Wildman–Crippen LogP) is 4.08. The highest BCUT2D eigenvalue weighted by Gasteiger charge is 2.34. The Morgan fingerprint density at radius 1 is 1.08 bits per heavy atom. The zero-order valence-corrected chi connectivity index (χ0v) is 17.2. The average molecular weight is 394 g/mol. The summed E-state index contributed by atoms with van der Waals surface area (Å²) in [6.45, 7) is 7.68. The first-order valence-corrected chi connectivity index (χ1v) is 9.12. The molecule has 1 saturated heterocycles. The number of piperazine rings is 1. The molecular formula is C21H29Cl2N3. The third-order valence-electron chi connectivity index (χ3n) is 5.69. The van der Waals surface area contributed by atoms with Crippen LogP contribution < -0.4 is 10.2 Å². The molecule has 3 nitrogen and oxygen atoms in total. The van der Waals surface area contributed by atoms with Gasteiger partial charge in [-0.05, 0) is 35.7 Å². The molecular weight excluding hydrogens is 365 g/mol. The molecule has 0 amide bonds. The van der Waals surface area contributed by atoms with E-state index in [0.29, 0.717) is 12.0 Å². The first-order valence-electron chi connectivity index (χ1n) is 9.12. The lowest BCUT2D eigenvalue weighted by Gasteiger charge is -2.44. The van der Waals surface area contributed by atoms with E-state index >= 15 is 0 Å². The summed E-state index contributed by atoms with van der Waals surface area (Å²) in [5, 5.41) is 3.56. The second kappa shape index (κ2) is 9.09. The van der Waals surface area contributed by atoms with Gasteiger partial charge >= 0.3 is 0 Å². The van der Waals surface area contributed by atoms with Crippen molar-refractivity contribution >= 4 is 30.5 Å². The summed E-state index contributed by atoms with van der Waals surface area (Å²) in [5.74, 6) is 0.473. The van der Waals surface area contributed by atoms with Crippen LogP contribution in [0.1, 0.15) is 35.6 Å². The Bertz CT molecular complexity index is 722. The molecule has 0 bridgehead atoms. The van der Waals surface area contributed by atoms with Crippen LogP contribution in [-0.2, 0) is 0 Å². The fourth-order valence-corrected chi connectivity index (χ4v) is 4.18. The van der Waals surface area contributed by atoms with Crippen LogP contribution in [0, 0.1) is 0 Å². The third-order valence-corrected chi connectivity index (χ3v) is 5.69. The normalized spacial score (nSPS) is 21.6. The molecule has 2 aliphatic heterocycles. The highest BCUT2D eigenvalue weighted by atomic mass is 35.5. The molecule has 2 atom stereocenters. The second-order valence-electron chi connectivity index (χ2n) is 7.01. The molecule has 2 aromatic rings. The number of fused-ring (bicyclic) bond motifs is 3. The lowest BCUT2D eigenvalue weighted by molar-refractivity contribution is 0.143. The minimum atomic E-state index is 0. The molecule has 5 heteroatoms. The molecule has 0 spiro atoms. The maximum absolute atomic E-state index is 3.56. The SMILES string of the molecule is CCN(C)c1cccc([C@H]2CN3CCNC[C@@H]3c3ccccc32)c1.Cl.Cl. The zero-order chi connectivity index (χ0) is 16.5. The molecule has 1 N–H and O–H groups in total. The smallest absolute Gasteiger partial charge is 0.0476 e. The minimum absolute atomic E-state index is 0. The van der Waals surface area contributed by atoms with E-state index in [-0.39, 0.29) is 24.8 Å². The fourth-order valence-electron chi connectivity index (χ4n) is 4.18. The van der Waals surface area contributed by atoms with E-state index in [0.717, 1.165) is 32.7 Å². The Labute approximate surface area is 169 Å². The number of nitrogens with one attached hydrogen (secondary N) is 1. The Balaban J connectivity index is 0.00000121. The van der Waals surface area contributed by atoms with Gasteiger partial charge in [-0.15, -0.1) is 24.8 Å². The minimum Gasteiger partial charge on any atom is -0.375 e. The Morgan fingerprint density at radius 2 is 1.85 bits per heavy atom. The monoisotopic (exact) mass is 393 g/mol. The van der Waals surface area contributed by atoms with Crippen molar-refractivity contribution in [2.75, 3.05) is 44.7 Å². The number of hydrogen-bond acceptors (Lipinski definition) is 3. The van der Waals surface area contributed by atoms with Crippen LogP contribution >= 0.6 is 24.8 Å². The number of hydrogen-bond donors (Lipinski definition) is 1. The maximum atomic E-state index is 3.56. The van der Waals surface area contributed by atoms with Gasteiger partial charge in [-0.2, -0.15) is 0 Å². The van der Waals surface area contributed by atoms with Gasteiger partial charge < -0.3 is 10.2 Å². The summed E-state index contributed by atoms with van der Waals surface area (Å²) >= 11 is 0. The zero-order valence-electron chi connectivity index (χ0n) is 15.5. The molecule has 2 heterocycles. The van der Waals surface area contributed by atoms with Gasteiger partial charge in [0.15, 0.2) is 0 Å². The lowest BCUT2D eigenvalue weighted by Crippen LogP contribution is -2.50. The molecule has 2 aromatic carbocycles. The summed E-state index contributed by atoms with van der Waals surface area (Å²) < 4.78 is 0. The first kappa shape index (κ1) is 21.0. The Hall–Kier alpha value is -1.26. The Kier molecular flexibility index (Phi) is 7.36. The lowest BCUT2D eigenvalue weighted by atomic mass is 9.80. The van der Waals surface area contributed by atoms with Crippen molar-refractivity contribution in [2.24, 2.45) is 0 Å². The summed E-state index contributed by atoms with van der Waals surface area (Å²) in [4.78, 5) is 4.98. The van der Waals surface area contributed by atoms with Crippen molar-refractivity contribution in [1.82, 2.24) is 10.2 Å².